The van der Waals surface area contributed by atoms with Crippen LogP contribution in [0.4, 0.5) is 5.69 Å². The van der Waals surface area contributed by atoms with Crippen LogP contribution in [0.25, 0.3) is 0 Å². The van der Waals surface area contributed by atoms with Crippen molar-refractivity contribution in [2.45, 2.75) is 50.1 Å². The third kappa shape index (κ3) is 1.52. The molecule has 8 atom stereocenters. The van der Waals surface area contributed by atoms with Gasteiger partial charge in [-0.1, -0.05) is 13.3 Å². The highest BCUT2D eigenvalue weighted by Crippen LogP contribution is 2.61. The van der Waals surface area contributed by atoms with E-state index >= 15 is 0 Å². The first-order chi connectivity index (χ1) is 12.2. The first-order valence-corrected chi connectivity index (χ1v) is 9.59. The van der Waals surface area contributed by atoms with Crippen molar-refractivity contribution in [2.24, 2.45) is 17.8 Å². The number of nitrogens with one attached hydrogen (secondary N) is 1. The molecule has 1 aromatic rings. The third-order valence-electron chi connectivity index (χ3n) is 7.66. The minimum absolute atomic E-state index is 0.0368. The maximum atomic E-state index is 13.7. The van der Waals surface area contributed by atoms with Gasteiger partial charge in [0.05, 0.1) is 7.11 Å². The lowest BCUT2D eigenvalue weighted by molar-refractivity contribution is -0.129. The Balaban J connectivity index is 1.50. The van der Waals surface area contributed by atoms with Crippen molar-refractivity contribution in [3.05, 3.63) is 23.8 Å². The summed E-state index contributed by atoms with van der Waals surface area (Å²) in [5.41, 5.74) is 1.14. The number of hydrogen-bond acceptors (Lipinski definition) is 5. The molecule has 5 aliphatic heterocycles. The second-order valence-corrected chi connectivity index (χ2v) is 8.44. The smallest absolute Gasteiger partial charge is 0.193 e. The summed E-state index contributed by atoms with van der Waals surface area (Å²) in [6.45, 7) is 3.19. The number of anilines is 1. The van der Waals surface area contributed by atoms with Gasteiger partial charge in [0.2, 0.25) is 0 Å². The lowest BCUT2D eigenvalue weighted by atomic mass is 9.56. The molecule has 6 aliphatic rings. The van der Waals surface area contributed by atoms with E-state index in [0.29, 0.717) is 23.8 Å². The third-order valence-corrected chi connectivity index (χ3v) is 7.66. The molecule has 8 unspecified atom stereocenters. The maximum absolute atomic E-state index is 13.7. The minimum Gasteiger partial charge on any atom is -0.497 e. The van der Waals surface area contributed by atoms with E-state index in [9.17, 15) is 4.79 Å². The first-order valence-electron chi connectivity index (χ1n) is 9.59. The molecule has 7 rings (SSSR count). The van der Waals surface area contributed by atoms with E-state index in [1.165, 1.54) is 12.8 Å². The van der Waals surface area contributed by atoms with Crippen LogP contribution >= 0.6 is 0 Å². The summed E-state index contributed by atoms with van der Waals surface area (Å²) in [5, 5.41) is 3.68. The number of ketones is 1. The summed E-state index contributed by atoms with van der Waals surface area (Å²) in [7, 11) is 1.65. The zero-order valence-corrected chi connectivity index (χ0v) is 14.7. The van der Waals surface area contributed by atoms with Crippen LogP contribution in [0.1, 0.15) is 36.5 Å². The average Bonchev–Trinajstić information content (AvgIpc) is 3.17. The molecule has 1 saturated carbocycles. The van der Waals surface area contributed by atoms with Crippen LogP contribution < -0.4 is 10.1 Å². The Morgan fingerprint density at radius 2 is 2.28 bits per heavy atom. The van der Waals surface area contributed by atoms with Gasteiger partial charge in [0.25, 0.3) is 0 Å². The van der Waals surface area contributed by atoms with Crippen molar-refractivity contribution in [1.82, 2.24) is 4.90 Å². The zero-order chi connectivity index (χ0) is 16.9. The highest BCUT2D eigenvalue weighted by molar-refractivity contribution is 6.14. The van der Waals surface area contributed by atoms with Gasteiger partial charge >= 0.3 is 0 Å². The molecule has 132 valence electrons. The number of benzene rings is 1. The van der Waals surface area contributed by atoms with Gasteiger partial charge in [0.15, 0.2) is 5.78 Å². The van der Waals surface area contributed by atoms with Crippen molar-refractivity contribution in [1.29, 1.82) is 0 Å². The molecule has 5 heterocycles. The predicted molar refractivity (Wildman–Crippen MR) is 92.8 cm³/mol. The number of piperidine rings is 3. The van der Waals surface area contributed by atoms with E-state index in [4.69, 9.17) is 9.47 Å². The van der Waals surface area contributed by atoms with Crippen LogP contribution in [0, 0.1) is 17.8 Å². The number of carbonyl (C=O) groups excluding carboxylic acids is 1. The fourth-order valence-electron chi connectivity index (χ4n) is 6.70. The molecular formula is C20H24N2O3. The van der Waals surface area contributed by atoms with E-state index < -0.39 is 5.54 Å². The van der Waals surface area contributed by atoms with Crippen molar-refractivity contribution in [3.8, 4) is 5.75 Å². The summed E-state index contributed by atoms with van der Waals surface area (Å²) in [4.78, 5) is 16.3. The predicted octanol–water partition coefficient (Wildman–Crippen LogP) is 2.52. The van der Waals surface area contributed by atoms with Crippen LogP contribution in [-0.4, -0.2) is 48.3 Å². The summed E-state index contributed by atoms with van der Waals surface area (Å²) in [5.74, 6) is 2.58. The lowest BCUT2D eigenvalue weighted by Gasteiger charge is -2.59. The lowest BCUT2D eigenvalue weighted by Crippen LogP contribution is -2.72. The number of ether oxygens (including phenoxy) is 2. The molecule has 1 aromatic carbocycles. The van der Waals surface area contributed by atoms with E-state index in [1.807, 2.05) is 18.2 Å². The van der Waals surface area contributed by atoms with Gasteiger partial charge in [-0.25, -0.2) is 0 Å². The molecule has 5 heteroatoms. The number of rotatable bonds is 2. The molecule has 0 amide bonds. The zero-order valence-electron chi connectivity index (χ0n) is 14.7. The largest absolute Gasteiger partial charge is 0.497 e. The van der Waals surface area contributed by atoms with Crippen LogP contribution in [0.3, 0.4) is 0 Å². The van der Waals surface area contributed by atoms with Crippen LogP contribution in [-0.2, 0) is 4.74 Å². The summed E-state index contributed by atoms with van der Waals surface area (Å²) >= 11 is 0. The van der Waals surface area contributed by atoms with Crippen molar-refractivity contribution in [3.63, 3.8) is 0 Å². The van der Waals surface area contributed by atoms with E-state index in [-0.39, 0.29) is 18.1 Å². The molecule has 5 nitrogen and oxygen atoms in total. The molecular weight excluding hydrogens is 316 g/mol. The number of carbonyl (C=O) groups is 1. The fourth-order valence-corrected chi connectivity index (χ4v) is 6.70. The fraction of sp³-hybridized carbons (Fsp3) is 0.650. The molecule has 4 saturated heterocycles. The monoisotopic (exact) mass is 340 g/mol. The maximum Gasteiger partial charge on any atom is 0.193 e. The van der Waals surface area contributed by atoms with E-state index in [0.717, 1.165) is 30.0 Å². The Labute approximate surface area is 147 Å². The minimum atomic E-state index is -0.576. The Hall–Kier alpha value is -1.59. The highest BCUT2D eigenvalue weighted by Gasteiger charge is 2.72. The second kappa shape index (κ2) is 4.57. The van der Waals surface area contributed by atoms with Crippen LogP contribution in [0.2, 0.25) is 0 Å². The topological polar surface area (TPSA) is 50.8 Å². The highest BCUT2D eigenvalue weighted by atomic mass is 16.5. The first kappa shape index (κ1) is 14.6. The van der Waals surface area contributed by atoms with Crippen LogP contribution in [0.15, 0.2) is 18.2 Å². The number of methoxy groups -OCH3 is 1. The van der Waals surface area contributed by atoms with Gasteiger partial charge in [-0.2, -0.15) is 0 Å². The molecule has 5 fully saturated rings. The standard InChI is InChI=1S/C20H24N2O3/c1-3-10-6-11-7-14-17(10)22-9-16(25-19(11)22)20(14)18(23)13-8-12(24-2)4-5-15(13)21-20/h4-5,8,10-11,14,16-17,19,21H,3,6-7,9H2,1-2H3. The van der Waals surface area contributed by atoms with Gasteiger partial charge in [0.1, 0.15) is 23.6 Å². The molecule has 0 radical (unpaired) electrons. The Morgan fingerprint density at radius 1 is 1.40 bits per heavy atom. The Morgan fingerprint density at radius 3 is 3.08 bits per heavy atom. The molecule has 5 bridgehead atoms. The SMILES string of the molecule is CCC1CC2CC3C1N1CC(OC21)C31Nc2ccc(OC)cc2C1=O. The van der Waals surface area contributed by atoms with E-state index in [2.05, 4.69) is 17.1 Å². The van der Waals surface area contributed by atoms with Crippen molar-refractivity contribution in [2.75, 3.05) is 19.0 Å². The number of fused-ring (bicyclic) bond motifs is 4. The number of Topliss-reactive ketones (excluding diaryl/α,β-unsaturated/α-hetero) is 1. The quantitative estimate of drug-likeness (QED) is 0.896. The number of hydrogen-bond donors (Lipinski definition) is 1. The van der Waals surface area contributed by atoms with E-state index in [1.54, 1.807) is 7.11 Å². The van der Waals surface area contributed by atoms with Gasteiger partial charge in [-0.15, -0.1) is 0 Å². The second-order valence-electron chi connectivity index (χ2n) is 8.44. The van der Waals surface area contributed by atoms with Gasteiger partial charge < -0.3 is 14.8 Å². The van der Waals surface area contributed by atoms with Gasteiger partial charge in [-0.3, -0.25) is 9.69 Å². The number of nitrogens with zero attached hydrogens (tertiary/aromatic N) is 1. The van der Waals surface area contributed by atoms with Crippen molar-refractivity contribution < 1.29 is 14.3 Å². The Kier molecular flexibility index (Phi) is 2.66. The van der Waals surface area contributed by atoms with Gasteiger partial charge in [-0.05, 0) is 42.9 Å². The van der Waals surface area contributed by atoms with Crippen LogP contribution in [0.5, 0.6) is 5.75 Å². The molecule has 0 aromatic heterocycles. The molecule has 1 N–H and O–H groups in total. The molecule has 25 heavy (non-hydrogen) atoms. The van der Waals surface area contributed by atoms with Crippen molar-refractivity contribution >= 4 is 11.5 Å². The Bertz CT molecular complexity index is 780. The van der Waals surface area contributed by atoms with Gasteiger partial charge in [0, 0.05) is 29.8 Å². The molecule has 1 aliphatic carbocycles. The average molecular weight is 340 g/mol. The summed E-state index contributed by atoms with van der Waals surface area (Å²) in [6, 6.07) is 6.29. The molecule has 1 spiro atoms. The summed E-state index contributed by atoms with van der Waals surface area (Å²) in [6.07, 6.45) is 3.77. The summed E-state index contributed by atoms with van der Waals surface area (Å²) < 4.78 is 11.9. The normalized spacial score (nSPS) is 48.1.